The van der Waals surface area contributed by atoms with E-state index in [0.29, 0.717) is 5.71 Å². The summed E-state index contributed by atoms with van der Waals surface area (Å²) in [6, 6.07) is 12.4. The molecule has 3 aromatic rings. The zero-order valence-corrected chi connectivity index (χ0v) is 19.9. The quantitative estimate of drug-likeness (QED) is 0.448. The first-order valence-electron chi connectivity index (χ1n) is 9.73. The Balaban J connectivity index is 1.49. The SMILES string of the molecule is CNc1cccc(C2=NN(c3ccc(NC(=O)NS(=O)(=O)c4ccc(Cl)s4)cc3F)C(=O)C2)c1. The molecule has 0 unspecified atom stereocenters. The monoisotopic (exact) mass is 521 g/mol. The number of sulfonamides is 1. The third-order valence-corrected chi connectivity index (χ3v) is 7.79. The first-order valence-corrected chi connectivity index (χ1v) is 12.4. The Hall–Kier alpha value is -3.48. The molecule has 176 valence electrons. The normalized spacial score (nSPS) is 13.6. The molecule has 0 spiro atoms. The summed E-state index contributed by atoms with van der Waals surface area (Å²) in [7, 11) is -2.36. The standard InChI is InChI=1S/C21H17ClFN5O4S2/c1-24-13-4-2-3-12(9-13)16-11-19(29)28(26-16)17-6-5-14(10-15(17)23)25-21(30)27-34(31,32)20-8-7-18(22)33-20/h2-10,24H,11H2,1H3,(H2,25,27,30). The molecule has 2 heterocycles. The predicted molar refractivity (Wildman–Crippen MR) is 130 cm³/mol. The highest BCUT2D eigenvalue weighted by molar-refractivity contribution is 7.92. The van der Waals surface area contributed by atoms with Gasteiger partial charge in [0.2, 0.25) is 0 Å². The van der Waals surface area contributed by atoms with E-state index >= 15 is 0 Å². The minimum atomic E-state index is -4.13. The molecule has 0 bridgehead atoms. The Kier molecular flexibility index (Phi) is 6.55. The zero-order chi connectivity index (χ0) is 24.5. The smallest absolute Gasteiger partial charge is 0.333 e. The Morgan fingerprint density at radius 2 is 1.94 bits per heavy atom. The summed E-state index contributed by atoms with van der Waals surface area (Å²) in [5, 5.41) is 10.5. The van der Waals surface area contributed by atoms with Gasteiger partial charge in [0.1, 0.15) is 9.90 Å². The van der Waals surface area contributed by atoms with Crippen molar-refractivity contribution >= 4 is 67.7 Å². The number of amides is 3. The van der Waals surface area contributed by atoms with Crippen LogP contribution in [0, 0.1) is 5.82 Å². The van der Waals surface area contributed by atoms with Crippen LogP contribution in [0.5, 0.6) is 0 Å². The number of halogens is 2. The number of nitrogens with zero attached hydrogens (tertiary/aromatic N) is 2. The molecule has 1 aliphatic heterocycles. The molecule has 9 nitrogen and oxygen atoms in total. The average Bonchev–Trinajstić information content (AvgIpc) is 3.40. The van der Waals surface area contributed by atoms with Crippen LogP contribution < -0.4 is 20.4 Å². The predicted octanol–water partition coefficient (Wildman–Crippen LogP) is 4.23. The first-order chi connectivity index (χ1) is 16.2. The van der Waals surface area contributed by atoms with Crippen LogP contribution in [0.25, 0.3) is 0 Å². The lowest BCUT2D eigenvalue weighted by Gasteiger charge is -2.14. The summed E-state index contributed by atoms with van der Waals surface area (Å²) in [6.45, 7) is 0. The van der Waals surface area contributed by atoms with E-state index in [1.807, 2.05) is 22.9 Å². The third-order valence-electron chi connectivity index (χ3n) is 4.73. The summed E-state index contributed by atoms with van der Waals surface area (Å²) >= 11 is 6.51. The molecule has 34 heavy (non-hydrogen) atoms. The number of anilines is 3. The minimum Gasteiger partial charge on any atom is -0.388 e. The molecule has 0 saturated carbocycles. The largest absolute Gasteiger partial charge is 0.388 e. The topological polar surface area (TPSA) is 120 Å². The Labute approximate surface area is 203 Å². The molecule has 3 amide bonds. The van der Waals surface area contributed by atoms with Crippen molar-refractivity contribution in [1.29, 1.82) is 0 Å². The van der Waals surface area contributed by atoms with Crippen molar-refractivity contribution in [2.24, 2.45) is 5.10 Å². The number of nitrogens with one attached hydrogen (secondary N) is 3. The van der Waals surface area contributed by atoms with E-state index in [4.69, 9.17) is 11.6 Å². The van der Waals surface area contributed by atoms with Gasteiger partial charge in [0.25, 0.3) is 15.9 Å². The maximum atomic E-state index is 14.8. The van der Waals surface area contributed by atoms with Gasteiger partial charge >= 0.3 is 6.03 Å². The summed E-state index contributed by atoms with van der Waals surface area (Å²) < 4.78 is 41.1. The lowest BCUT2D eigenvalue weighted by atomic mass is 10.1. The van der Waals surface area contributed by atoms with E-state index in [1.54, 1.807) is 13.1 Å². The number of carbonyl (C=O) groups excluding carboxylic acids is 2. The number of hydrazone groups is 1. The molecule has 0 atom stereocenters. The Morgan fingerprint density at radius 3 is 2.62 bits per heavy atom. The van der Waals surface area contributed by atoms with Crippen molar-refractivity contribution in [3.63, 3.8) is 0 Å². The van der Waals surface area contributed by atoms with Crippen LogP contribution in [0.3, 0.4) is 0 Å². The lowest BCUT2D eigenvalue weighted by Crippen LogP contribution is -2.34. The number of carbonyl (C=O) groups is 2. The van der Waals surface area contributed by atoms with Crippen LogP contribution in [0.2, 0.25) is 4.34 Å². The minimum absolute atomic E-state index is 0.000386. The van der Waals surface area contributed by atoms with Crippen molar-refractivity contribution in [3.8, 4) is 0 Å². The molecule has 13 heteroatoms. The molecule has 1 aliphatic rings. The highest BCUT2D eigenvalue weighted by Gasteiger charge is 2.28. The summed E-state index contributed by atoms with van der Waals surface area (Å²) in [6.07, 6.45) is -0.000386. The van der Waals surface area contributed by atoms with Crippen LogP contribution in [0.4, 0.5) is 26.2 Å². The molecule has 1 aromatic heterocycles. The van der Waals surface area contributed by atoms with E-state index in [9.17, 15) is 22.4 Å². The van der Waals surface area contributed by atoms with Crippen molar-refractivity contribution in [1.82, 2.24) is 4.72 Å². The summed E-state index contributed by atoms with van der Waals surface area (Å²) in [5.41, 5.74) is 1.94. The maximum absolute atomic E-state index is 14.8. The van der Waals surface area contributed by atoms with Gasteiger partial charge in [-0.05, 0) is 42.5 Å². The number of hydrogen-bond acceptors (Lipinski definition) is 7. The average molecular weight is 522 g/mol. The van der Waals surface area contributed by atoms with Gasteiger partial charge in [-0.15, -0.1) is 11.3 Å². The van der Waals surface area contributed by atoms with Crippen molar-refractivity contribution in [3.05, 3.63) is 70.3 Å². The molecular formula is C21H17ClFN5O4S2. The van der Waals surface area contributed by atoms with Crippen molar-refractivity contribution in [2.75, 3.05) is 22.7 Å². The molecule has 0 fully saturated rings. The second-order valence-electron chi connectivity index (χ2n) is 7.04. The van der Waals surface area contributed by atoms with E-state index in [2.05, 4.69) is 15.7 Å². The molecule has 3 N–H and O–H groups in total. The summed E-state index contributed by atoms with van der Waals surface area (Å²) in [5.74, 6) is -1.24. The number of urea groups is 1. The van der Waals surface area contributed by atoms with Gasteiger partial charge in [0.05, 0.1) is 16.5 Å². The lowest BCUT2D eigenvalue weighted by molar-refractivity contribution is -0.116. The highest BCUT2D eigenvalue weighted by atomic mass is 35.5. The number of hydrogen-bond donors (Lipinski definition) is 3. The van der Waals surface area contributed by atoms with Crippen LogP contribution in [0.1, 0.15) is 12.0 Å². The van der Waals surface area contributed by atoms with Gasteiger partial charge in [-0.1, -0.05) is 23.7 Å². The van der Waals surface area contributed by atoms with Gasteiger partial charge in [-0.3, -0.25) is 4.79 Å². The third kappa shape index (κ3) is 5.03. The summed E-state index contributed by atoms with van der Waals surface area (Å²) in [4.78, 5) is 24.6. The van der Waals surface area contributed by atoms with Gasteiger partial charge < -0.3 is 10.6 Å². The van der Waals surface area contributed by atoms with E-state index in [0.717, 1.165) is 33.7 Å². The van der Waals surface area contributed by atoms with Crippen molar-refractivity contribution in [2.45, 2.75) is 10.6 Å². The number of rotatable bonds is 6. The van der Waals surface area contributed by atoms with Crippen LogP contribution in [-0.4, -0.2) is 33.1 Å². The fourth-order valence-electron chi connectivity index (χ4n) is 3.16. The van der Waals surface area contributed by atoms with Crippen LogP contribution in [0.15, 0.2) is 63.9 Å². The van der Waals surface area contributed by atoms with E-state index < -0.39 is 27.8 Å². The van der Waals surface area contributed by atoms with Gasteiger partial charge in [-0.25, -0.2) is 22.3 Å². The number of benzene rings is 2. The van der Waals surface area contributed by atoms with Crippen LogP contribution >= 0.6 is 22.9 Å². The molecule has 2 aromatic carbocycles. The van der Waals surface area contributed by atoms with E-state index in [-0.39, 0.29) is 26.3 Å². The molecule has 0 saturated heterocycles. The Morgan fingerprint density at radius 1 is 1.15 bits per heavy atom. The fraction of sp³-hybridized carbons (Fsp3) is 0.0952. The molecule has 0 radical (unpaired) electrons. The first kappa shape index (κ1) is 23.7. The van der Waals surface area contributed by atoms with E-state index in [1.165, 1.54) is 24.3 Å². The molecular weight excluding hydrogens is 505 g/mol. The maximum Gasteiger partial charge on any atom is 0.333 e. The van der Waals surface area contributed by atoms with Crippen LogP contribution in [-0.2, 0) is 14.8 Å². The highest BCUT2D eigenvalue weighted by Crippen LogP contribution is 2.29. The zero-order valence-electron chi connectivity index (χ0n) is 17.5. The fourth-order valence-corrected chi connectivity index (χ4v) is 5.55. The van der Waals surface area contributed by atoms with Crippen molar-refractivity contribution < 1.29 is 22.4 Å². The molecule has 4 rings (SSSR count). The van der Waals surface area contributed by atoms with Gasteiger partial charge in [0.15, 0.2) is 5.82 Å². The number of thiophene rings is 1. The molecule has 0 aliphatic carbocycles. The van der Waals surface area contributed by atoms with Gasteiger partial charge in [-0.2, -0.15) is 10.1 Å². The second kappa shape index (κ2) is 9.41. The second-order valence-corrected chi connectivity index (χ2v) is 10.7. The Bertz CT molecular complexity index is 1420. The van der Waals surface area contributed by atoms with Gasteiger partial charge in [0, 0.05) is 24.0 Å².